The van der Waals surface area contributed by atoms with Gasteiger partial charge in [-0.25, -0.2) is 0 Å². The Hall–Kier alpha value is -0.610. The fourth-order valence-electron chi connectivity index (χ4n) is 1.32. The van der Waals surface area contributed by atoms with E-state index in [-0.39, 0.29) is 12.4 Å². The molecule has 0 atom stereocenters. The number of nitrogens with one attached hydrogen (secondary N) is 1. The minimum Gasteiger partial charge on any atom is -0.339 e. The molecule has 5 heteroatoms. The number of halogens is 1. The molecule has 0 spiro atoms. The molecule has 4 nitrogen and oxygen atoms in total. The Morgan fingerprint density at radius 3 is 2.85 bits per heavy atom. The molecule has 2 rings (SSSR count). The lowest BCUT2D eigenvalue weighted by Gasteiger charge is -2.20. The third-order valence-corrected chi connectivity index (χ3v) is 2.27. The van der Waals surface area contributed by atoms with Gasteiger partial charge in [0.25, 0.3) is 0 Å². The van der Waals surface area contributed by atoms with Gasteiger partial charge in [-0.05, 0) is 19.9 Å². The fraction of sp³-hybridized carbons (Fsp3) is 0.750. The molecule has 0 radical (unpaired) electrons. The lowest BCUT2D eigenvalue weighted by atomic mass is 9.85. The van der Waals surface area contributed by atoms with E-state index in [0.29, 0.717) is 12.5 Å². The molecule has 1 aliphatic rings. The van der Waals surface area contributed by atoms with Crippen molar-refractivity contribution in [2.45, 2.75) is 31.7 Å². The lowest BCUT2D eigenvalue weighted by Crippen LogP contribution is -2.10. The highest BCUT2D eigenvalue weighted by molar-refractivity contribution is 5.85. The summed E-state index contributed by atoms with van der Waals surface area (Å²) in [5.41, 5.74) is 0. The van der Waals surface area contributed by atoms with Gasteiger partial charge in [-0.3, -0.25) is 0 Å². The minimum atomic E-state index is 0. The Labute approximate surface area is 83.5 Å². The number of rotatable bonds is 3. The average Bonchev–Trinajstić information content (AvgIpc) is 2.34. The maximum absolute atomic E-state index is 5.12. The van der Waals surface area contributed by atoms with Crippen molar-refractivity contribution in [2.75, 3.05) is 7.05 Å². The van der Waals surface area contributed by atoms with E-state index in [1.54, 1.807) is 0 Å². The second-order valence-corrected chi connectivity index (χ2v) is 3.21. The summed E-state index contributed by atoms with van der Waals surface area (Å²) in [5.74, 6) is 2.13. The lowest BCUT2D eigenvalue weighted by molar-refractivity contribution is 0.291. The molecule has 0 aromatic carbocycles. The van der Waals surface area contributed by atoms with E-state index in [4.69, 9.17) is 4.52 Å². The van der Waals surface area contributed by atoms with Crippen LogP contribution in [0.5, 0.6) is 0 Å². The topological polar surface area (TPSA) is 51.0 Å². The molecule has 1 aliphatic carbocycles. The van der Waals surface area contributed by atoms with Gasteiger partial charge in [0.2, 0.25) is 5.89 Å². The zero-order chi connectivity index (χ0) is 8.39. The average molecular weight is 204 g/mol. The van der Waals surface area contributed by atoms with Gasteiger partial charge in [0.05, 0.1) is 6.54 Å². The van der Waals surface area contributed by atoms with Gasteiger partial charge in [0.15, 0.2) is 5.82 Å². The normalized spacial score (nSPS) is 16.4. The summed E-state index contributed by atoms with van der Waals surface area (Å²) < 4.78 is 5.12. The number of hydrogen-bond acceptors (Lipinski definition) is 4. The van der Waals surface area contributed by atoms with Crippen molar-refractivity contribution < 1.29 is 4.52 Å². The molecule has 74 valence electrons. The van der Waals surface area contributed by atoms with E-state index in [1.165, 1.54) is 19.3 Å². The van der Waals surface area contributed by atoms with Gasteiger partial charge < -0.3 is 9.84 Å². The van der Waals surface area contributed by atoms with Crippen molar-refractivity contribution in [3.8, 4) is 0 Å². The summed E-state index contributed by atoms with van der Waals surface area (Å²) in [6.07, 6.45) is 3.72. The Bertz CT molecular complexity index is 260. The smallest absolute Gasteiger partial charge is 0.229 e. The summed E-state index contributed by atoms with van der Waals surface area (Å²) in [7, 11) is 1.87. The zero-order valence-electron chi connectivity index (χ0n) is 7.62. The molecule has 1 saturated carbocycles. The SMILES string of the molecule is CNCc1noc(C2CCC2)n1.Cl. The van der Waals surface area contributed by atoms with Gasteiger partial charge in [0, 0.05) is 5.92 Å². The third kappa shape index (κ3) is 2.19. The summed E-state index contributed by atoms with van der Waals surface area (Å²) in [6.45, 7) is 0.691. The first-order valence-electron chi connectivity index (χ1n) is 4.37. The van der Waals surface area contributed by atoms with E-state index in [0.717, 1.165) is 11.7 Å². The monoisotopic (exact) mass is 203 g/mol. The number of aromatic nitrogens is 2. The second-order valence-electron chi connectivity index (χ2n) is 3.21. The van der Waals surface area contributed by atoms with Crippen LogP contribution in [0.15, 0.2) is 4.52 Å². The molecule has 0 unspecified atom stereocenters. The highest BCUT2D eigenvalue weighted by Gasteiger charge is 2.24. The summed E-state index contributed by atoms with van der Waals surface area (Å²) in [4.78, 5) is 4.28. The van der Waals surface area contributed by atoms with Crippen LogP contribution in [0.2, 0.25) is 0 Å². The van der Waals surface area contributed by atoms with Crippen molar-refractivity contribution in [3.63, 3.8) is 0 Å². The van der Waals surface area contributed by atoms with Crippen molar-refractivity contribution in [2.24, 2.45) is 0 Å². The zero-order valence-corrected chi connectivity index (χ0v) is 8.43. The van der Waals surface area contributed by atoms with Gasteiger partial charge in [-0.1, -0.05) is 11.6 Å². The van der Waals surface area contributed by atoms with Crippen molar-refractivity contribution in [1.29, 1.82) is 0 Å². The Morgan fingerprint density at radius 2 is 2.31 bits per heavy atom. The van der Waals surface area contributed by atoms with Crippen LogP contribution >= 0.6 is 12.4 Å². The van der Waals surface area contributed by atoms with Crippen LogP contribution in [-0.4, -0.2) is 17.2 Å². The number of hydrogen-bond donors (Lipinski definition) is 1. The summed E-state index contributed by atoms with van der Waals surface area (Å²) in [5, 5.41) is 6.85. The van der Waals surface area contributed by atoms with Gasteiger partial charge in [-0.15, -0.1) is 12.4 Å². The van der Waals surface area contributed by atoms with E-state index in [2.05, 4.69) is 15.5 Å². The standard InChI is InChI=1S/C8H13N3O.ClH/c1-9-5-7-10-8(12-11-7)6-3-2-4-6;/h6,9H,2-5H2,1H3;1H. The van der Waals surface area contributed by atoms with Gasteiger partial charge >= 0.3 is 0 Å². The van der Waals surface area contributed by atoms with E-state index in [9.17, 15) is 0 Å². The first-order valence-corrected chi connectivity index (χ1v) is 4.37. The molecule has 0 amide bonds. The van der Waals surface area contributed by atoms with E-state index >= 15 is 0 Å². The molecular formula is C8H14ClN3O. The quantitative estimate of drug-likeness (QED) is 0.809. The van der Waals surface area contributed by atoms with Gasteiger partial charge in [-0.2, -0.15) is 4.98 Å². The molecule has 0 saturated heterocycles. The van der Waals surface area contributed by atoms with E-state index in [1.807, 2.05) is 7.05 Å². The summed E-state index contributed by atoms with van der Waals surface area (Å²) in [6, 6.07) is 0. The fourth-order valence-corrected chi connectivity index (χ4v) is 1.32. The van der Waals surface area contributed by atoms with Crippen molar-refractivity contribution in [1.82, 2.24) is 15.5 Å². The molecule has 0 bridgehead atoms. The molecule has 1 heterocycles. The van der Waals surface area contributed by atoms with Crippen molar-refractivity contribution in [3.05, 3.63) is 11.7 Å². The largest absolute Gasteiger partial charge is 0.339 e. The maximum atomic E-state index is 5.12. The molecule has 1 aromatic heterocycles. The van der Waals surface area contributed by atoms with Crippen LogP contribution in [0.4, 0.5) is 0 Å². The predicted molar refractivity (Wildman–Crippen MR) is 50.9 cm³/mol. The van der Waals surface area contributed by atoms with Crippen LogP contribution in [-0.2, 0) is 6.54 Å². The predicted octanol–water partition coefficient (Wildman–Crippen LogP) is 1.48. The van der Waals surface area contributed by atoms with Crippen LogP contribution < -0.4 is 5.32 Å². The molecule has 1 aromatic rings. The molecule has 0 aliphatic heterocycles. The van der Waals surface area contributed by atoms with Gasteiger partial charge in [0.1, 0.15) is 0 Å². The summed E-state index contributed by atoms with van der Waals surface area (Å²) >= 11 is 0. The Balaban J connectivity index is 0.000000845. The second kappa shape index (κ2) is 4.58. The Morgan fingerprint density at radius 1 is 1.54 bits per heavy atom. The van der Waals surface area contributed by atoms with E-state index < -0.39 is 0 Å². The molecular weight excluding hydrogens is 190 g/mol. The number of nitrogens with zero attached hydrogens (tertiary/aromatic N) is 2. The van der Waals surface area contributed by atoms with Crippen molar-refractivity contribution >= 4 is 12.4 Å². The third-order valence-electron chi connectivity index (χ3n) is 2.27. The van der Waals surface area contributed by atoms with Crippen LogP contribution in [0.1, 0.15) is 36.9 Å². The molecule has 13 heavy (non-hydrogen) atoms. The minimum absolute atomic E-state index is 0. The Kier molecular flexibility index (Phi) is 3.69. The highest BCUT2D eigenvalue weighted by atomic mass is 35.5. The first kappa shape index (κ1) is 10.5. The highest BCUT2D eigenvalue weighted by Crippen LogP contribution is 2.34. The maximum Gasteiger partial charge on any atom is 0.229 e. The van der Waals surface area contributed by atoms with Crippen LogP contribution in [0.3, 0.4) is 0 Å². The molecule has 1 fully saturated rings. The van der Waals surface area contributed by atoms with Crippen LogP contribution in [0.25, 0.3) is 0 Å². The molecule has 1 N–H and O–H groups in total. The van der Waals surface area contributed by atoms with Crippen LogP contribution in [0, 0.1) is 0 Å². The first-order chi connectivity index (χ1) is 5.90.